The third-order valence-electron chi connectivity index (χ3n) is 4.65. The second kappa shape index (κ2) is 5.79. The first-order chi connectivity index (χ1) is 11.5. The van der Waals surface area contributed by atoms with E-state index >= 15 is 0 Å². The average molecular weight is 365 g/mol. The normalized spacial score (nSPS) is 21.5. The molecule has 0 saturated carbocycles. The van der Waals surface area contributed by atoms with Gasteiger partial charge in [-0.3, -0.25) is 4.79 Å². The van der Waals surface area contributed by atoms with E-state index in [0.717, 1.165) is 24.0 Å². The smallest absolute Gasteiger partial charge is 0.322 e. The number of anilines is 1. The quantitative estimate of drug-likeness (QED) is 0.761. The number of aromatic amines is 1. The van der Waals surface area contributed by atoms with Crippen LogP contribution in [0.1, 0.15) is 30.0 Å². The minimum absolute atomic E-state index is 0.0219. The Hall–Kier alpha value is -2.05. The molecule has 2 atom stereocenters. The van der Waals surface area contributed by atoms with Crippen molar-refractivity contribution in [2.75, 3.05) is 5.32 Å². The van der Waals surface area contributed by atoms with Crippen molar-refractivity contribution in [3.63, 3.8) is 0 Å². The second-order valence-electron chi connectivity index (χ2n) is 6.06. The first-order valence-corrected chi connectivity index (χ1v) is 8.40. The van der Waals surface area contributed by atoms with Crippen LogP contribution in [0.25, 0.3) is 0 Å². The highest BCUT2D eigenvalue weighted by molar-refractivity contribution is 6.41. The summed E-state index contributed by atoms with van der Waals surface area (Å²) in [4.78, 5) is 32.7. The molecule has 0 aliphatic carbocycles. The van der Waals surface area contributed by atoms with Gasteiger partial charge >= 0.3 is 6.03 Å². The van der Waals surface area contributed by atoms with Crippen molar-refractivity contribution in [1.29, 1.82) is 0 Å². The fourth-order valence-electron chi connectivity index (χ4n) is 3.64. The van der Waals surface area contributed by atoms with Gasteiger partial charge in [-0.2, -0.15) is 0 Å². The van der Waals surface area contributed by atoms with Gasteiger partial charge in [0.1, 0.15) is 5.15 Å². The van der Waals surface area contributed by atoms with Crippen LogP contribution in [0.2, 0.25) is 10.2 Å². The number of carbonyl (C=O) groups is 1. The van der Waals surface area contributed by atoms with Crippen molar-refractivity contribution >= 4 is 34.9 Å². The molecule has 124 valence electrons. The summed E-state index contributed by atoms with van der Waals surface area (Å²) in [5, 5.41) is 3.32. The molecule has 0 aromatic carbocycles. The Morgan fingerprint density at radius 2 is 2.17 bits per heavy atom. The van der Waals surface area contributed by atoms with E-state index in [4.69, 9.17) is 23.2 Å². The molecule has 2 aromatic heterocycles. The van der Waals surface area contributed by atoms with Gasteiger partial charge in [-0.1, -0.05) is 23.2 Å². The molecule has 8 heteroatoms. The molecule has 2 aliphatic rings. The van der Waals surface area contributed by atoms with Gasteiger partial charge in [0.25, 0.3) is 0 Å². The Balaban J connectivity index is 1.60. The van der Waals surface area contributed by atoms with Gasteiger partial charge in [-0.05, 0) is 36.5 Å². The fourth-order valence-corrected chi connectivity index (χ4v) is 3.91. The maximum atomic E-state index is 12.7. The van der Waals surface area contributed by atoms with E-state index < -0.39 is 0 Å². The van der Waals surface area contributed by atoms with Gasteiger partial charge in [0, 0.05) is 18.3 Å². The molecule has 24 heavy (non-hydrogen) atoms. The number of hydrogen-bond donors (Lipinski definition) is 2. The summed E-state index contributed by atoms with van der Waals surface area (Å²) in [7, 11) is 0. The lowest BCUT2D eigenvalue weighted by molar-refractivity contribution is 0.179. The zero-order valence-corrected chi connectivity index (χ0v) is 14.1. The molecule has 0 radical (unpaired) electrons. The minimum atomic E-state index is -0.195. The maximum absolute atomic E-state index is 12.7. The lowest BCUT2D eigenvalue weighted by Crippen LogP contribution is -2.44. The average Bonchev–Trinajstić information content (AvgIpc) is 2.86. The molecule has 2 N–H and O–H groups in total. The highest BCUT2D eigenvalue weighted by Gasteiger charge is 2.42. The molecule has 2 bridgehead atoms. The standard InChI is InChI=1S/C16H14Cl2N4O2/c17-12-5-9(6-20-15(12)18)21-16(24)22-10-1-2-13(22)11-7-19-14(23)4-8(11)3-10/h4-7,10,13H,1-3H2,(H,19,23)(H,21,24)/t10-,13+/m0/s1. The van der Waals surface area contributed by atoms with Crippen LogP contribution in [0.3, 0.4) is 0 Å². The molecule has 4 rings (SSSR count). The Bertz CT molecular complexity index is 883. The molecule has 0 unspecified atom stereocenters. The topological polar surface area (TPSA) is 78.1 Å². The van der Waals surface area contributed by atoms with E-state index in [2.05, 4.69) is 15.3 Å². The Morgan fingerprint density at radius 3 is 2.96 bits per heavy atom. The summed E-state index contributed by atoms with van der Waals surface area (Å²) in [6, 6.07) is 3.09. The lowest BCUT2D eigenvalue weighted by Gasteiger charge is -2.36. The number of amides is 2. The molecule has 4 heterocycles. The van der Waals surface area contributed by atoms with Crippen molar-refractivity contribution in [1.82, 2.24) is 14.9 Å². The third kappa shape index (κ3) is 2.56. The number of hydrogen-bond acceptors (Lipinski definition) is 3. The molecular weight excluding hydrogens is 351 g/mol. The van der Waals surface area contributed by atoms with Crippen molar-refractivity contribution in [2.45, 2.75) is 31.3 Å². The number of urea groups is 1. The van der Waals surface area contributed by atoms with Gasteiger partial charge in [0.2, 0.25) is 5.56 Å². The molecule has 1 fully saturated rings. The first kappa shape index (κ1) is 15.5. The summed E-state index contributed by atoms with van der Waals surface area (Å²) in [6.07, 6.45) is 5.70. The molecule has 0 spiro atoms. The van der Waals surface area contributed by atoms with Crippen LogP contribution in [0, 0.1) is 0 Å². The van der Waals surface area contributed by atoms with E-state index in [-0.39, 0.29) is 28.8 Å². The van der Waals surface area contributed by atoms with Crippen LogP contribution in [0.4, 0.5) is 10.5 Å². The number of nitrogens with one attached hydrogen (secondary N) is 2. The van der Waals surface area contributed by atoms with E-state index in [1.54, 1.807) is 18.3 Å². The molecule has 2 aliphatic heterocycles. The van der Waals surface area contributed by atoms with E-state index in [1.807, 2.05) is 4.90 Å². The van der Waals surface area contributed by atoms with Crippen molar-refractivity contribution in [3.8, 4) is 0 Å². The Labute approximate surface area is 147 Å². The fraction of sp³-hybridized carbons (Fsp3) is 0.312. The van der Waals surface area contributed by atoms with Gasteiger partial charge < -0.3 is 15.2 Å². The van der Waals surface area contributed by atoms with Crippen LogP contribution >= 0.6 is 23.2 Å². The number of H-pyrrole nitrogens is 1. The summed E-state index contributed by atoms with van der Waals surface area (Å²) >= 11 is 11.7. The van der Waals surface area contributed by atoms with Crippen LogP contribution in [0.15, 0.2) is 29.3 Å². The molecular formula is C16H14Cl2N4O2. The van der Waals surface area contributed by atoms with Crippen LogP contribution in [-0.4, -0.2) is 26.9 Å². The number of pyridine rings is 2. The number of fused-ring (bicyclic) bond motifs is 4. The largest absolute Gasteiger partial charge is 0.329 e. The van der Waals surface area contributed by atoms with Crippen molar-refractivity contribution < 1.29 is 4.79 Å². The third-order valence-corrected chi connectivity index (χ3v) is 5.33. The first-order valence-electron chi connectivity index (χ1n) is 7.65. The van der Waals surface area contributed by atoms with Crippen LogP contribution < -0.4 is 10.9 Å². The summed E-state index contributed by atoms with van der Waals surface area (Å²) < 4.78 is 0. The molecule has 6 nitrogen and oxygen atoms in total. The monoisotopic (exact) mass is 364 g/mol. The minimum Gasteiger partial charge on any atom is -0.329 e. The van der Waals surface area contributed by atoms with Crippen molar-refractivity contribution in [2.24, 2.45) is 0 Å². The van der Waals surface area contributed by atoms with Gasteiger partial charge in [0.05, 0.1) is 22.9 Å². The van der Waals surface area contributed by atoms with E-state index in [1.165, 1.54) is 6.20 Å². The van der Waals surface area contributed by atoms with Gasteiger partial charge in [0.15, 0.2) is 0 Å². The highest BCUT2D eigenvalue weighted by Crippen LogP contribution is 2.43. The molecule has 1 saturated heterocycles. The summed E-state index contributed by atoms with van der Waals surface area (Å²) in [5.41, 5.74) is 2.45. The number of nitrogens with zero attached hydrogens (tertiary/aromatic N) is 2. The molecule has 2 aromatic rings. The zero-order chi connectivity index (χ0) is 16.8. The van der Waals surface area contributed by atoms with E-state index in [0.29, 0.717) is 17.1 Å². The summed E-state index contributed by atoms with van der Waals surface area (Å²) in [6.45, 7) is 0. The Morgan fingerprint density at radius 1 is 1.33 bits per heavy atom. The van der Waals surface area contributed by atoms with Crippen molar-refractivity contribution in [3.05, 3.63) is 56.2 Å². The van der Waals surface area contributed by atoms with E-state index in [9.17, 15) is 9.59 Å². The predicted molar refractivity (Wildman–Crippen MR) is 91.6 cm³/mol. The Kier molecular flexibility index (Phi) is 3.73. The SMILES string of the molecule is O=C(Nc1cnc(Cl)c(Cl)c1)N1[C@H]2CC[C@@H]1c1c[nH]c(=O)cc1C2. The number of halogens is 2. The van der Waals surface area contributed by atoms with Gasteiger partial charge in [-0.25, -0.2) is 9.78 Å². The number of aromatic nitrogens is 2. The lowest BCUT2D eigenvalue weighted by atomic mass is 9.95. The highest BCUT2D eigenvalue weighted by atomic mass is 35.5. The molecule has 2 amide bonds. The summed E-state index contributed by atoms with van der Waals surface area (Å²) in [5.74, 6) is 0. The number of carbonyl (C=O) groups excluding carboxylic acids is 1. The zero-order valence-electron chi connectivity index (χ0n) is 12.6. The predicted octanol–water partition coefficient (Wildman–Crippen LogP) is 3.37. The van der Waals surface area contributed by atoms with Crippen LogP contribution in [0.5, 0.6) is 0 Å². The number of rotatable bonds is 1. The maximum Gasteiger partial charge on any atom is 0.322 e. The van der Waals surface area contributed by atoms with Crippen LogP contribution in [-0.2, 0) is 6.42 Å². The van der Waals surface area contributed by atoms with Gasteiger partial charge in [-0.15, -0.1) is 0 Å². The second-order valence-corrected chi connectivity index (χ2v) is 6.83.